The number of ketones is 1. The molecule has 0 amide bonds. The zero-order valence-electron chi connectivity index (χ0n) is 20.2. The summed E-state index contributed by atoms with van der Waals surface area (Å²) in [5, 5.41) is 0. The van der Waals surface area contributed by atoms with E-state index in [1.165, 1.54) is 103 Å². The molecule has 0 spiro atoms. The van der Waals surface area contributed by atoms with E-state index < -0.39 is 0 Å². The Labute approximate surface area is 178 Å². The normalized spacial score (nSPS) is 13.6. The summed E-state index contributed by atoms with van der Waals surface area (Å²) in [7, 11) is 0. The van der Waals surface area contributed by atoms with Crippen molar-refractivity contribution < 1.29 is 4.79 Å². The molecule has 1 heteroatoms. The summed E-state index contributed by atoms with van der Waals surface area (Å²) in [6.45, 7) is 9.09. The maximum absolute atomic E-state index is 13.5. The van der Waals surface area contributed by atoms with Crippen molar-refractivity contribution in [3.63, 3.8) is 0 Å². The molecule has 0 saturated carbocycles. The van der Waals surface area contributed by atoms with Gasteiger partial charge in [0.05, 0.1) is 0 Å². The molecule has 2 atom stereocenters. The molecule has 0 aromatic heterocycles. The molecule has 168 valence electrons. The summed E-state index contributed by atoms with van der Waals surface area (Å²) in [4.78, 5) is 13.5. The van der Waals surface area contributed by atoms with Crippen molar-refractivity contribution in [2.45, 2.75) is 156 Å². The average molecular weight is 395 g/mol. The highest BCUT2D eigenvalue weighted by Crippen LogP contribution is 2.28. The third kappa shape index (κ3) is 15.6. The minimum Gasteiger partial charge on any atom is -0.299 e. The van der Waals surface area contributed by atoms with Gasteiger partial charge in [-0.3, -0.25) is 4.79 Å². The Bertz CT molecular complexity index is 292. The van der Waals surface area contributed by atoms with Crippen LogP contribution < -0.4 is 0 Å². The molecule has 0 aliphatic heterocycles. The maximum atomic E-state index is 13.5. The van der Waals surface area contributed by atoms with Gasteiger partial charge in [0.25, 0.3) is 0 Å². The highest BCUT2D eigenvalue weighted by atomic mass is 16.1. The van der Waals surface area contributed by atoms with Crippen molar-refractivity contribution >= 4 is 5.78 Å². The number of unbranched alkanes of at least 4 members (excludes halogenated alkanes) is 12. The summed E-state index contributed by atoms with van der Waals surface area (Å²) in [5.74, 6) is 1.36. The highest BCUT2D eigenvalue weighted by molar-refractivity contribution is 5.83. The molecule has 0 aromatic rings. The second-order valence-corrected chi connectivity index (χ2v) is 9.19. The Balaban J connectivity index is 4.66. The van der Waals surface area contributed by atoms with Gasteiger partial charge in [-0.2, -0.15) is 0 Å². The van der Waals surface area contributed by atoms with Crippen molar-refractivity contribution in [1.82, 2.24) is 0 Å². The summed E-state index contributed by atoms with van der Waals surface area (Å²) >= 11 is 0. The van der Waals surface area contributed by atoms with Gasteiger partial charge in [0.2, 0.25) is 0 Å². The molecule has 0 aliphatic carbocycles. The van der Waals surface area contributed by atoms with Gasteiger partial charge in [-0.05, 0) is 25.7 Å². The van der Waals surface area contributed by atoms with Crippen molar-refractivity contribution in [1.29, 1.82) is 0 Å². The molecule has 0 N–H and O–H groups in total. The molecule has 0 saturated heterocycles. The van der Waals surface area contributed by atoms with E-state index in [0.717, 1.165) is 25.7 Å². The second kappa shape index (κ2) is 21.4. The second-order valence-electron chi connectivity index (χ2n) is 9.19. The molecule has 0 rings (SSSR count). The van der Waals surface area contributed by atoms with Crippen LogP contribution in [0.25, 0.3) is 0 Å². The largest absolute Gasteiger partial charge is 0.299 e. The molecule has 0 aliphatic rings. The number of hydrogen-bond acceptors (Lipinski definition) is 1. The fraction of sp³-hybridized carbons (Fsp3) is 0.963. The van der Waals surface area contributed by atoms with E-state index >= 15 is 0 Å². The van der Waals surface area contributed by atoms with Crippen LogP contribution in [0.5, 0.6) is 0 Å². The number of rotatable bonds is 22. The van der Waals surface area contributed by atoms with Crippen LogP contribution in [0.15, 0.2) is 0 Å². The Morgan fingerprint density at radius 1 is 0.429 bits per heavy atom. The van der Waals surface area contributed by atoms with E-state index in [2.05, 4.69) is 27.7 Å². The first-order valence-electron chi connectivity index (χ1n) is 13.2. The standard InChI is InChI=1S/C27H54O/c1-5-9-13-15-19-23-25(21-17-11-7-3)27(28)26(22-18-12-8-4)24-20-16-14-10-6-2/h25-26H,5-24H2,1-4H3. The summed E-state index contributed by atoms with van der Waals surface area (Å²) in [5.41, 5.74) is 0. The Morgan fingerprint density at radius 3 is 1.00 bits per heavy atom. The van der Waals surface area contributed by atoms with Crippen molar-refractivity contribution in [3.05, 3.63) is 0 Å². The van der Waals surface area contributed by atoms with Gasteiger partial charge in [-0.25, -0.2) is 0 Å². The van der Waals surface area contributed by atoms with Crippen molar-refractivity contribution in [2.24, 2.45) is 11.8 Å². The summed E-state index contributed by atoms with van der Waals surface area (Å²) in [6, 6.07) is 0. The molecule has 0 heterocycles. The zero-order valence-corrected chi connectivity index (χ0v) is 20.2. The van der Waals surface area contributed by atoms with Gasteiger partial charge in [0.15, 0.2) is 0 Å². The van der Waals surface area contributed by atoms with Gasteiger partial charge >= 0.3 is 0 Å². The lowest BCUT2D eigenvalue weighted by atomic mass is 9.80. The van der Waals surface area contributed by atoms with Crippen molar-refractivity contribution in [3.8, 4) is 0 Å². The summed E-state index contributed by atoms with van der Waals surface area (Å²) < 4.78 is 0. The van der Waals surface area contributed by atoms with Crippen LogP contribution in [-0.2, 0) is 4.79 Å². The molecule has 2 unspecified atom stereocenters. The first kappa shape index (κ1) is 27.7. The molecule has 0 bridgehead atoms. The van der Waals surface area contributed by atoms with Gasteiger partial charge in [-0.15, -0.1) is 0 Å². The quantitative estimate of drug-likeness (QED) is 0.167. The Morgan fingerprint density at radius 2 is 0.679 bits per heavy atom. The number of Topliss-reactive ketones (excluding diaryl/α,β-unsaturated/α-hetero) is 1. The number of hydrogen-bond donors (Lipinski definition) is 0. The SMILES string of the molecule is CCCCCCCC(CCCCC)C(=O)C(CCCCC)CCCCCCC. The lowest BCUT2D eigenvalue weighted by Gasteiger charge is -2.23. The van der Waals surface area contributed by atoms with Crippen LogP contribution in [0.4, 0.5) is 0 Å². The average Bonchev–Trinajstić information content (AvgIpc) is 2.70. The van der Waals surface area contributed by atoms with E-state index in [9.17, 15) is 4.79 Å². The molecular formula is C27H54O. The van der Waals surface area contributed by atoms with Crippen molar-refractivity contribution in [2.75, 3.05) is 0 Å². The predicted octanol–water partition coefficient (Wildman–Crippen LogP) is 9.67. The van der Waals surface area contributed by atoms with Crippen LogP contribution in [0, 0.1) is 11.8 Å². The van der Waals surface area contributed by atoms with Crippen LogP contribution in [-0.4, -0.2) is 5.78 Å². The third-order valence-corrected chi connectivity index (χ3v) is 6.43. The van der Waals surface area contributed by atoms with Gasteiger partial charge in [0.1, 0.15) is 5.78 Å². The molecule has 28 heavy (non-hydrogen) atoms. The maximum Gasteiger partial charge on any atom is 0.139 e. The Hall–Kier alpha value is -0.330. The fourth-order valence-electron chi connectivity index (χ4n) is 4.46. The van der Waals surface area contributed by atoms with E-state index in [1.54, 1.807) is 0 Å². The first-order valence-corrected chi connectivity index (χ1v) is 13.2. The van der Waals surface area contributed by atoms with E-state index in [-0.39, 0.29) is 0 Å². The highest BCUT2D eigenvalue weighted by Gasteiger charge is 2.25. The topological polar surface area (TPSA) is 17.1 Å². The van der Waals surface area contributed by atoms with Crippen LogP contribution in [0.3, 0.4) is 0 Å². The molecule has 0 radical (unpaired) electrons. The monoisotopic (exact) mass is 394 g/mol. The van der Waals surface area contributed by atoms with Crippen LogP contribution >= 0.6 is 0 Å². The van der Waals surface area contributed by atoms with Crippen LogP contribution in [0.1, 0.15) is 156 Å². The van der Waals surface area contributed by atoms with E-state index in [0.29, 0.717) is 17.6 Å². The van der Waals surface area contributed by atoms with E-state index in [4.69, 9.17) is 0 Å². The van der Waals surface area contributed by atoms with Crippen LogP contribution in [0.2, 0.25) is 0 Å². The minimum atomic E-state index is 0.357. The predicted molar refractivity (Wildman–Crippen MR) is 127 cm³/mol. The number of carbonyl (C=O) groups is 1. The van der Waals surface area contributed by atoms with Gasteiger partial charge in [0, 0.05) is 11.8 Å². The minimum absolute atomic E-state index is 0.357. The zero-order chi connectivity index (χ0) is 20.9. The fourth-order valence-corrected chi connectivity index (χ4v) is 4.46. The first-order chi connectivity index (χ1) is 13.7. The smallest absolute Gasteiger partial charge is 0.139 e. The van der Waals surface area contributed by atoms with Gasteiger partial charge in [-0.1, -0.05) is 130 Å². The lowest BCUT2D eigenvalue weighted by Crippen LogP contribution is -2.24. The van der Waals surface area contributed by atoms with E-state index in [1.807, 2.05) is 0 Å². The molecule has 1 nitrogen and oxygen atoms in total. The molecular weight excluding hydrogens is 340 g/mol. The molecule has 0 fully saturated rings. The molecule has 0 aromatic carbocycles. The number of carbonyl (C=O) groups excluding carboxylic acids is 1. The van der Waals surface area contributed by atoms with Gasteiger partial charge < -0.3 is 0 Å². The summed E-state index contributed by atoms with van der Waals surface area (Å²) in [6.07, 6.45) is 25.4. The Kier molecular flexibility index (Phi) is 21.1. The third-order valence-electron chi connectivity index (χ3n) is 6.43. The lowest BCUT2D eigenvalue weighted by molar-refractivity contribution is -0.128.